The number of nitrogens with zero attached hydrogens (tertiary/aromatic N) is 2. The number of hydrogen-bond donors (Lipinski definition) is 0. The SMILES string of the molecule is Cn1c(=O)sn(-c2ccccc2)c1=O. The monoisotopic (exact) mass is 208 g/mol. The van der Waals surface area contributed by atoms with Gasteiger partial charge in [0.15, 0.2) is 0 Å². The van der Waals surface area contributed by atoms with Crippen molar-refractivity contribution in [3.63, 3.8) is 0 Å². The van der Waals surface area contributed by atoms with Crippen LogP contribution in [0.3, 0.4) is 0 Å². The summed E-state index contributed by atoms with van der Waals surface area (Å²) < 4.78 is 2.47. The van der Waals surface area contributed by atoms with Crippen LogP contribution in [0, 0.1) is 0 Å². The lowest BCUT2D eigenvalue weighted by Crippen LogP contribution is -2.25. The molecular weight excluding hydrogens is 200 g/mol. The van der Waals surface area contributed by atoms with E-state index in [0.717, 1.165) is 21.8 Å². The van der Waals surface area contributed by atoms with Crippen LogP contribution >= 0.6 is 11.5 Å². The van der Waals surface area contributed by atoms with E-state index in [1.54, 1.807) is 12.1 Å². The maximum absolute atomic E-state index is 11.5. The Balaban J connectivity index is 2.71. The highest BCUT2D eigenvalue weighted by molar-refractivity contribution is 7.03. The van der Waals surface area contributed by atoms with Gasteiger partial charge in [0.25, 0.3) is 0 Å². The zero-order valence-electron chi connectivity index (χ0n) is 7.51. The molecule has 0 radical (unpaired) electrons. The minimum absolute atomic E-state index is 0.251. The molecule has 5 heteroatoms. The van der Waals surface area contributed by atoms with Crippen molar-refractivity contribution in [3.8, 4) is 5.69 Å². The molecule has 0 amide bonds. The topological polar surface area (TPSA) is 44.0 Å². The fourth-order valence-electron chi connectivity index (χ4n) is 1.12. The molecule has 4 nitrogen and oxygen atoms in total. The van der Waals surface area contributed by atoms with Gasteiger partial charge in [-0.1, -0.05) is 18.2 Å². The van der Waals surface area contributed by atoms with Crippen LogP contribution < -0.4 is 10.6 Å². The maximum atomic E-state index is 11.5. The predicted molar refractivity (Wildman–Crippen MR) is 55.2 cm³/mol. The quantitative estimate of drug-likeness (QED) is 0.688. The van der Waals surface area contributed by atoms with E-state index in [4.69, 9.17) is 0 Å². The lowest BCUT2D eigenvalue weighted by Gasteiger charge is -1.96. The van der Waals surface area contributed by atoms with Gasteiger partial charge in [-0.25, -0.2) is 8.75 Å². The lowest BCUT2D eigenvalue weighted by molar-refractivity contribution is 0.805. The summed E-state index contributed by atoms with van der Waals surface area (Å²) in [5.74, 6) is 0. The first-order valence-corrected chi connectivity index (χ1v) is 4.82. The van der Waals surface area contributed by atoms with E-state index in [1.807, 2.05) is 18.2 Å². The number of hydrogen-bond acceptors (Lipinski definition) is 3. The van der Waals surface area contributed by atoms with E-state index in [9.17, 15) is 9.59 Å². The summed E-state index contributed by atoms with van der Waals surface area (Å²) >= 11 is 0.906. The second kappa shape index (κ2) is 3.26. The number of rotatable bonds is 1. The molecule has 0 unspecified atom stereocenters. The molecule has 0 atom stereocenters. The molecule has 1 aromatic heterocycles. The van der Waals surface area contributed by atoms with Gasteiger partial charge >= 0.3 is 10.6 Å². The third kappa shape index (κ3) is 1.31. The van der Waals surface area contributed by atoms with Crippen molar-refractivity contribution >= 4 is 11.5 Å². The zero-order chi connectivity index (χ0) is 10.1. The minimum Gasteiger partial charge on any atom is -0.255 e. The Kier molecular flexibility index (Phi) is 2.09. The summed E-state index contributed by atoms with van der Waals surface area (Å²) in [4.78, 5) is 22.5. The molecule has 1 heterocycles. The van der Waals surface area contributed by atoms with Gasteiger partial charge in [-0.3, -0.25) is 9.36 Å². The summed E-state index contributed by atoms with van der Waals surface area (Å²) in [6, 6.07) is 9.09. The van der Waals surface area contributed by atoms with E-state index >= 15 is 0 Å². The molecule has 0 fully saturated rings. The van der Waals surface area contributed by atoms with E-state index in [1.165, 1.54) is 11.0 Å². The van der Waals surface area contributed by atoms with Gasteiger partial charge in [-0.15, -0.1) is 0 Å². The van der Waals surface area contributed by atoms with Crippen LogP contribution in [0.25, 0.3) is 5.69 Å². The molecular formula is C9H8N2O2S. The van der Waals surface area contributed by atoms with E-state index < -0.39 is 0 Å². The third-order valence-corrected chi connectivity index (χ3v) is 2.87. The Labute approximate surface area is 83.8 Å². The summed E-state index contributed by atoms with van der Waals surface area (Å²) in [5.41, 5.74) is 0.423. The first-order valence-electron chi connectivity index (χ1n) is 4.05. The van der Waals surface area contributed by atoms with Crippen LogP contribution in [0.5, 0.6) is 0 Å². The molecule has 0 aliphatic rings. The van der Waals surface area contributed by atoms with Gasteiger partial charge in [0.05, 0.1) is 5.69 Å². The molecule has 1 aromatic carbocycles. The van der Waals surface area contributed by atoms with E-state index in [0.29, 0.717) is 0 Å². The highest BCUT2D eigenvalue weighted by Gasteiger charge is 2.06. The largest absolute Gasteiger partial charge is 0.345 e. The lowest BCUT2D eigenvalue weighted by atomic mass is 10.3. The molecule has 14 heavy (non-hydrogen) atoms. The van der Waals surface area contributed by atoms with E-state index in [-0.39, 0.29) is 10.6 Å². The standard InChI is InChI=1S/C9H8N2O2S/c1-10-8(12)11(14-9(10)13)7-5-3-2-4-6-7/h2-6H,1H3. The number of benzene rings is 1. The van der Waals surface area contributed by atoms with Crippen molar-refractivity contribution in [3.05, 3.63) is 50.5 Å². The Morgan fingerprint density at radius 3 is 2.29 bits per heavy atom. The molecule has 2 rings (SSSR count). The average molecular weight is 208 g/mol. The molecule has 0 spiro atoms. The van der Waals surface area contributed by atoms with Crippen LogP contribution in [-0.2, 0) is 7.05 Å². The van der Waals surface area contributed by atoms with Crippen LogP contribution in [0.4, 0.5) is 0 Å². The highest BCUT2D eigenvalue weighted by atomic mass is 32.1. The Bertz CT molecular complexity index is 550. The molecule has 0 aliphatic carbocycles. The first kappa shape index (κ1) is 8.96. The highest BCUT2D eigenvalue weighted by Crippen LogP contribution is 2.04. The Morgan fingerprint density at radius 2 is 1.79 bits per heavy atom. The van der Waals surface area contributed by atoms with Crippen LogP contribution in [-0.4, -0.2) is 8.52 Å². The summed E-state index contributed by atoms with van der Waals surface area (Å²) in [6.07, 6.45) is 0. The molecule has 0 saturated carbocycles. The maximum Gasteiger partial charge on any atom is 0.345 e. The van der Waals surface area contributed by atoms with Crippen molar-refractivity contribution in [1.82, 2.24) is 8.52 Å². The first-order chi connectivity index (χ1) is 6.70. The minimum atomic E-state index is -0.300. The molecule has 0 aliphatic heterocycles. The van der Waals surface area contributed by atoms with Gasteiger partial charge in [0.2, 0.25) is 0 Å². The van der Waals surface area contributed by atoms with Gasteiger partial charge < -0.3 is 0 Å². The molecule has 2 aromatic rings. The van der Waals surface area contributed by atoms with Gasteiger partial charge in [-0.05, 0) is 12.1 Å². The second-order valence-electron chi connectivity index (χ2n) is 2.83. The van der Waals surface area contributed by atoms with Crippen molar-refractivity contribution in [2.24, 2.45) is 7.05 Å². The fourth-order valence-corrected chi connectivity index (χ4v) is 1.90. The van der Waals surface area contributed by atoms with Crippen molar-refractivity contribution in [2.75, 3.05) is 0 Å². The smallest absolute Gasteiger partial charge is 0.255 e. The number of para-hydroxylation sites is 1. The summed E-state index contributed by atoms with van der Waals surface area (Å²) in [7, 11) is 1.47. The van der Waals surface area contributed by atoms with Gasteiger partial charge in [0, 0.05) is 18.6 Å². The number of aromatic nitrogens is 2. The Morgan fingerprint density at radius 1 is 1.14 bits per heavy atom. The molecule has 72 valence electrons. The molecule has 0 bridgehead atoms. The average Bonchev–Trinajstić information content (AvgIpc) is 2.47. The Hall–Kier alpha value is -1.62. The summed E-state index contributed by atoms with van der Waals surface area (Å²) in [5, 5.41) is 0. The van der Waals surface area contributed by atoms with Crippen LogP contribution in [0.15, 0.2) is 39.9 Å². The normalized spacial score (nSPS) is 10.4. The second-order valence-corrected chi connectivity index (χ2v) is 3.73. The predicted octanol–water partition coefficient (Wildman–Crippen LogP) is 0.598. The van der Waals surface area contributed by atoms with Gasteiger partial charge in [-0.2, -0.15) is 0 Å². The van der Waals surface area contributed by atoms with Crippen LogP contribution in [0.1, 0.15) is 0 Å². The van der Waals surface area contributed by atoms with Crippen molar-refractivity contribution in [2.45, 2.75) is 0 Å². The molecule has 0 saturated heterocycles. The van der Waals surface area contributed by atoms with Crippen molar-refractivity contribution in [1.29, 1.82) is 0 Å². The van der Waals surface area contributed by atoms with Crippen molar-refractivity contribution < 1.29 is 0 Å². The van der Waals surface area contributed by atoms with Crippen LogP contribution in [0.2, 0.25) is 0 Å². The third-order valence-electron chi connectivity index (χ3n) is 1.89. The van der Waals surface area contributed by atoms with Gasteiger partial charge in [0.1, 0.15) is 0 Å². The van der Waals surface area contributed by atoms with E-state index in [2.05, 4.69) is 0 Å². The summed E-state index contributed by atoms with van der Waals surface area (Å²) in [6.45, 7) is 0. The zero-order valence-corrected chi connectivity index (χ0v) is 8.32. The molecule has 0 N–H and O–H groups in total. The fraction of sp³-hybridized carbons (Fsp3) is 0.111.